The third-order valence-electron chi connectivity index (χ3n) is 2.35. The molecule has 0 spiro atoms. The van der Waals surface area contributed by atoms with Crippen LogP contribution in [0.3, 0.4) is 0 Å². The molecule has 3 heteroatoms. The lowest BCUT2D eigenvalue weighted by molar-refractivity contribution is -0.109. The van der Waals surface area contributed by atoms with Gasteiger partial charge < -0.3 is 5.11 Å². The number of hydrogen-bond acceptors (Lipinski definition) is 3. The fraction of sp³-hybridized carbons (Fsp3) is 0.727. The summed E-state index contributed by atoms with van der Waals surface area (Å²) in [6, 6.07) is 0. The Balaban J connectivity index is 2.36. The molecule has 1 aliphatic rings. The zero-order valence-corrected chi connectivity index (χ0v) is 9.32. The van der Waals surface area contributed by atoms with Gasteiger partial charge in [0.25, 0.3) is 0 Å². The Morgan fingerprint density at radius 2 is 2.07 bits per heavy atom. The highest BCUT2D eigenvalue weighted by Gasteiger charge is 2.26. The van der Waals surface area contributed by atoms with E-state index in [-0.39, 0.29) is 5.12 Å². The molecule has 14 heavy (non-hydrogen) atoms. The minimum Gasteiger partial charge on any atom is -0.378 e. The topological polar surface area (TPSA) is 37.3 Å². The molecule has 2 nitrogen and oxygen atoms in total. The number of thioether (sulfide) groups is 1. The molecular weight excluding hydrogens is 196 g/mol. The first-order chi connectivity index (χ1) is 6.62. The maximum atomic E-state index is 10.6. The van der Waals surface area contributed by atoms with Gasteiger partial charge in [-0.05, 0) is 25.7 Å². The monoisotopic (exact) mass is 212 g/mol. The van der Waals surface area contributed by atoms with Crippen LogP contribution < -0.4 is 0 Å². The van der Waals surface area contributed by atoms with Crippen molar-refractivity contribution < 1.29 is 9.90 Å². The molecule has 1 N–H and O–H groups in total. The van der Waals surface area contributed by atoms with Gasteiger partial charge in [-0.2, -0.15) is 0 Å². The van der Waals surface area contributed by atoms with E-state index < -0.39 is 5.60 Å². The van der Waals surface area contributed by atoms with Crippen molar-refractivity contribution in [1.29, 1.82) is 0 Å². The molecule has 1 fully saturated rings. The van der Waals surface area contributed by atoms with E-state index in [0.717, 1.165) is 25.7 Å². The molecule has 0 aromatic heterocycles. The molecule has 0 aromatic rings. The van der Waals surface area contributed by atoms with Crippen LogP contribution >= 0.6 is 11.8 Å². The summed E-state index contributed by atoms with van der Waals surface area (Å²) in [6.07, 6.45) is 4.89. The number of aliphatic hydroxyl groups is 1. The summed E-state index contributed by atoms with van der Waals surface area (Å²) in [5, 5.41) is 10.0. The van der Waals surface area contributed by atoms with Crippen LogP contribution in [0, 0.1) is 11.8 Å². The van der Waals surface area contributed by atoms with Crippen LogP contribution in [0.15, 0.2) is 0 Å². The molecule has 0 aromatic carbocycles. The molecule has 1 saturated carbocycles. The fourth-order valence-corrected chi connectivity index (χ4v) is 1.95. The Bertz CT molecular complexity index is 256. The zero-order chi connectivity index (χ0) is 10.4. The average molecular weight is 212 g/mol. The summed E-state index contributed by atoms with van der Waals surface area (Å²) >= 11 is 1.19. The Labute approximate surface area is 89.5 Å². The Kier molecular flexibility index (Phi) is 4.50. The van der Waals surface area contributed by atoms with Crippen molar-refractivity contribution in [3.63, 3.8) is 0 Å². The van der Waals surface area contributed by atoms with E-state index in [1.54, 1.807) is 0 Å². The van der Waals surface area contributed by atoms with Gasteiger partial charge in [0.2, 0.25) is 0 Å². The summed E-state index contributed by atoms with van der Waals surface area (Å²) in [4.78, 5) is 10.6. The van der Waals surface area contributed by atoms with Crippen LogP contribution in [-0.4, -0.2) is 21.6 Å². The summed E-state index contributed by atoms with van der Waals surface area (Å²) in [7, 11) is 0. The van der Waals surface area contributed by atoms with E-state index in [1.165, 1.54) is 25.1 Å². The van der Waals surface area contributed by atoms with Gasteiger partial charge in [0.05, 0.1) is 5.75 Å². The van der Waals surface area contributed by atoms with Crippen molar-refractivity contribution in [2.24, 2.45) is 0 Å². The number of hydrogen-bond donors (Lipinski definition) is 1. The number of carbonyl (C=O) groups is 1. The minimum atomic E-state index is -0.768. The lowest BCUT2D eigenvalue weighted by Gasteiger charge is -2.26. The molecular formula is C11H16O2S. The fourth-order valence-electron chi connectivity index (χ4n) is 1.60. The predicted octanol–water partition coefficient (Wildman–Crippen LogP) is 1.96. The van der Waals surface area contributed by atoms with Crippen molar-refractivity contribution in [3.05, 3.63) is 0 Å². The molecule has 0 aliphatic heterocycles. The molecule has 0 atom stereocenters. The van der Waals surface area contributed by atoms with Gasteiger partial charge in [0.1, 0.15) is 5.60 Å². The molecule has 0 radical (unpaired) electrons. The SMILES string of the molecule is CC(=O)SCC#CC1(O)CCCCC1. The molecule has 0 saturated heterocycles. The molecule has 0 bridgehead atoms. The number of carbonyl (C=O) groups excluding carboxylic acids is 1. The van der Waals surface area contributed by atoms with Crippen molar-refractivity contribution in [2.75, 3.05) is 5.75 Å². The Morgan fingerprint density at radius 3 is 2.64 bits per heavy atom. The van der Waals surface area contributed by atoms with Gasteiger partial charge in [0.15, 0.2) is 5.12 Å². The summed E-state index contributed by atoms with van der Waals surface area (Å²) in [5.41, 5.74) is -0.768. The maximum Gasteiger partial charge on any atom is 0.186 e. The normalized spacial score (nSPS) is 19.6. The Morgan fingerprint density at radius 1 is 1.43 bits per heavy atom. The van der Waals surface area contributed by atoms with E-state index in [2.05, 4.69) is 11.8 Å². The van der Waals surface area contributed by atoms with Crippen LogP contribution in [0.1, 0.15) is 39.0 Å². The Hall–Kier alpha value is -0.460. The van der Waals surface area contributed by atoms with Crippen molar-refractivity contribution in [1.82, 2.24) is 0 Å². The van der Waals surface area contributed by atoms with Gasteiger partial charge >= 0.3 is 0 Å². The van der Waals surface area contributed by atoms with Gasteiger partial charge in [-0.25, -0.2) is 0 Å². The van der Waals surface area contributed by atoms with Crippen molar-refractivity contribution in [3.8, 4) is 11.8 Å². The van der Waals surface area contributed by atoms with E-state index in [0.29, 0.717) is 5.75 Å². The van der Waals surface area contributed by atoms with Gasteiger partial charge in [-0.15, -0.1) is 0 Å². The van der Waals surface area contributed by atoms with E-state index in [1.807, 2.05) is 0 Å². The minimum absolute atomic E-state index is 0.0786. The summed E-state index contributed by atoms with van der Waals surface area (Å²) < 4.78 is 0. The van der Waals surface area contributed by atoms with Crippen LogP contribution in [-0.2, 0) is 4.79 Å². The second-order valence-corrected chi connectivity index (χ2v) is 4.83. The lowest BCUT2D eigenvalue weighted by Crippen LogP contribution is -2.29. The zero-order valence-electron chi connectivity index (χ0n) is 8.51. The molecule has 1 rings (SSSR count). The smallest absolute Gasteiger partial charge is 0.186 e. The molecule has 0 amide bonds. The molecule has 78 valence electrons. The van der Waals surface area contributed by atoms with Crippen LogP contribution in [0.2, 0.25) is 0 Å². The second kappa shape index (κ2) is 5.43. The predicted molar refractivity (Wildman–Crippen MR) is 58.9 cm³/mol. The maximum absolute atomic E-state index is 10.6. The van der Waals surface area contributed by atoms with Crippen LogP contribution in [0.4, 0.5) is 0 Å². The van der Waals surface area contributed by atoms with Crippen LogP contribution in [0.25, 0.3) is 0 Å². The van der Waals surface area contributed by atoms with Gasteiger partial charge in [-0.3, -0.25) is 4.79 Å². The first kappa shape index (κ1) is 11.6. The van der Waals surface area contributed by atoms with Crippen molar-refractivity contribution >= 4 is 16.9 Å². The highest BCUT2D eigenvalue weighted by atomic mass is 32.2. The van der Waals surface area contributed by atoms with Crippen molar-refractivity contribution in [2.45, 2.75) is 44.6 Å². The van der Waals surface area contributed by atoms with E-state index in [4.69, 9.17) is 0 Å². The third-order valence-corrected chi connectivity index (χ3v) is 3.04. The van der Waals surface area contributed by atoms with E-state index in [9.17, 15) is 9.90 Å². The lowest BCUT2D eigenvalue weighted by atomic mass is 9.85. The first-order valence-corrected chi connectivity index (χ1v) is 5.97. The summed E-state index contributed by atoms with van der Waals surface area (Å²) in [6.45, 7) is 1.53. The van der Waals surface area contributed by atoms with Gasteiger partial charge in [-0.1, -0.05) is 30.0 Å². The quantitative estimate of drug-likeness (QED) is 0.675. The molecule has 0 heterocycles. The highest BCUT2D eigenvalue weighted by Crippen LogP contribution is 2.27. The third kappa shape index (κ3) is 4.17. The van der Waals surface area contributed by atoms with Crippen LogP contribution in [0.5, 0.6) is 0 Å². The first-order valence-electron chi connectivity index (χ1n) is 4.98. The molecule has 1 aliphatic carbocycles. The largest absolute Gasteiger partial charge is 0.378 e. The molecule has 0 unspecified atom stereocenters. The van der Waals surface area contributed by atoms with E-state index >= 15 is 0 Å². The summed E-state index contributed by atoms with van der Waals surface area (Å²) in [5.74, 6) is 6.25. The standard InChI is InChI=1S/C11H16O2S/c1-10(12)14-9-5-8-11(13)6-3-2-4-7-11/h13H,2-4,6-7,9H2,1H3. The second-order valence-electron chi connectivity index (χ2n) is 3.67. The highest BCUT2D eigenvalue weighted by molar-refractivity contribution is 8.13. The average Bonchev–Trinajstić information content (AvgIpc) is 2.14. The number of rotatable bonds is 1. The van der Waals surface area contributed by atoms with Gasteiger partial charge in [0, 0.05) is 6.92 Å².